The van der Waals surface area contributed by atoms with Crippen LogP contribution in [-0.4, -0.2) is 47.4 Å². The lowest BCUT2D eigenvalue weighted by molar-refractivity contribution is -0.143. The molecule has 0 aromatic heterocycles. The van der Waals surface area contributed by atoms with Crippen molar-refractivity contribution in [3.63, 3.8) is 0 Å². The quantitative estimate of drug-likeness (QED) is 0.0320. The summed E-state index contributed by atoms with van der Waals surface area (Å²) >= 11 is 0. The van der Waals surface area contributed by atoms with E-state index in [1.54, 1.807) is 0 Å². The average Bonchev–Trinajstić information content (AvgIpc) is 3.47. The van der Waals surface area contributed by atoms with E-state index < -0.39 is 12.1 Å². The van der Waals surface area contributed by atoms with Gasteiger partial charge in [-0.15, -0.1) is 0 Å². The number of unbranched alkanes of at least 4 members (excludes halogenated alkanes) is 52. The van der Waals surface area contributed by atoms with Crippen molar-refractivity contribution in [3.05, 3.63) is 36.5 Å². The van der Waals surface area contributed by atoms with Crippen molar-refractivity contribution >= 4 is 11.9 Å². The molecule has 6 nitrogen and oxygen atoms in total. The smallest absolute Gasteiger partial charge is 0.305 e. The van der Waals surface area contributed by atoms with E-state index in [4.69, 9.17) is 4.74 Å². The van der Waals surface area contributed by atoms with Gasteiger partial charge >= 0.3 is 5.97 Å². The molecule has 0 saturated heterocycles. The minimum absolute atomic E-state index is 0.000489. The molecule has 478 valence electrons. The van der Waals surface area contributed by atoms with Gasteiger partial charge in [-0.05, 0) is 83.5 Å². The van der Waals surface area contributed by atoms with Crippen molar-refractivity contribution in [2.24, 2.45) is 0 Å². The number of aliphatic hydroxyl groups excluding tert-OH is 2. The van der Waals surface area contributed by atoms with E-state index in [9.17, 15) is 19.8 Å². The maximum absolute atomic E-state index is 12.6. The number of hydrogen-bond donors (Lipinski definition) is 3. The predicted octanol–water partition coefficient (Wildman–Crippen LogP) is 23.9. The Morgan fingerprint density at radius 3 is 0.951 bits per heavy atom. The minimum Gasteiger partial charge on any atom is -0.466 e. The Morgan fingerprint density at radius 1 is 0.346 bits per heavy atom. The van der Waals surface area contributed by atoms with Crippen LogP contribution in [-0.2, 0) is 14.3 Å². The number of nitrogens with one attached hydrogen (secondary N) is 1. The van der Waals surface area contributed by atoms with E-state index in [-0.39, 0.29) is 18.5 Å². The summed E-state index contributed by atoms with van der Waals surface area (Å²) in [7, 11) is 0. The molecule has 0 radical (unpaired) electrons. The molecule has 2 unspecified atom stereocenters. The highest BCUT2D eigenvalue weighted by Crippen LogP contribution is 2.19. The van der Waals surface area contributed by atoms with Gasteiger partial charge in [0.15, 0.2) is 0 Å². The predicted molar refractivity (Wildman–Crippen MR) is 356 cm³/mol. The zero-order chi connectivity index (χ0) is 58.5. The van der Waals surface area contributed by atoms with Gasteiger partial charge in [-0.2, -0.15) is 0 Å². The van der Waals surface area contributed by atoms with Crippen LogP contribution < -0.4 is 5.32 Å². The van der Waals surface area contributed by atoms with E-state index in [0.717, 1.165) is 57.8 Å². The number of esters is 1. The van der Waals surface area contributed by atoms with Crippen LogP contribution >= 0.6 is 0 Å². The minimum atomic E-state index is -0.673. The van der Waals surface area contributed by atoms with Crippen LogP contribution in [0.5, 0.6) is 0 Å². The summed E-state index contributed by atoms with van der Waals surface area (Å²) in [6.07, 6.45) is 90.5. The standard InChI is InChI=1S/C75H143NO5/c1-3-5-7-9-11-13-15-17-19-21-22-23-24-25-27-30-33-36-39-43-47-51-55-59-63-67-73(78)72(71-77)76-74(79)68-64-60-56-52-48-44-40-37-34-31-28-26-29-32-35-38-42-46-50-54-58-62-66-70-81-75(80)69-65-61-57-53-49-45-41-20-18-16-14-12-10-8-6-4-2/h20,26,29,31,34,41,72-73,77-78H,3-19,21-25,27-28,30,32-33,35-40,42-71H2,1-2H3,(H,76,79)/b29-26-,34-31-,41-20-. The maximum atomic E-state index is 12.6. The monoisotopic (exact) mass is 1140 g/mol. The molecule has 81 heavy (non-hydrogen) atoms. The number of carbonyl (C=O) groups excluding carboxylic acids is 2. The summed E-state index contributed by atoms with van der Waals surface area (Å²) < 4.78 is 5.49. The Balaban J connectivity index is 3.44. The van der Waals surface area contributed by atoms with E-state index >= 15 is 0 Å². The second-order valence-corrected chi connectivity index (χ2v) is 25.3. The van der Waals surface area contributed by atoms with Gasteiger partial charge in [0.1, 0.15) is 0 Å². The molecular formula is C75H143NO5. The van der Waals surface area contributed by atoms with Gasteiger partial charge in [-0.25, -0.2) is 0 Å². The lowest BCUT2D eigenvalue weighted by atomic mass is 10.0. The third-order valence-corrected chi connectivity index (χ3v) is 17.2. The third kappa shape index (κ3) is 67.1. The molecule has 0 heterocycles. The number of rotatable bonds is 69. The fraction of sp³-hybridized carbons (Fsp3) is 0.893. The van der Waals surface area contributed by atoms with Crippen molar-refractivity contribution < 1.29 is 24.5 Å². The molecule has 6 heteroatoms. The first-order valence-electron chi connectivity index (χ1n) is 36.7. The molecule has 0 aliphatic carbocycles. The molecule has 0 aromatic rings. The van der Waals surface area contributed by atoms with Crippen molar-refractivity contribution in [3.8, 4) is 0 Å². The van der Waals surface area contributed by atoms with Crippen LogP contribution in [0.15, 0.2) is 36.5 Å². The number of allylic oxidation sites excluding steroid dienone is 6. The molecular weight excluding hydrogens is 995 g/mol. The van der Waals surface area contributed by atoms with Crippen LogP contribution in [0, 0.1) is 0 Å². The highest BCUT2D eigenvalue weighted by atomic mass is 16.5. The Bertz CT molecular complexity index is 1310. The average molecular weight is 1140 g/mol. The Hall–Kier alpha value is -1.92. The Labute approximate surface area is 506 Å². The van der Waals surface area contributed by atoms with Crippen LogP contribution in [0.4, 0.5) is 0 Å². The highest BCUT2D eigenvalue weighted by molar-refractivity contribution is 5.76. The molecule has 0 aromatic carbocycles. The Kier molecular flexibility index (Phi) is 68.9. The van der Waals surface area contributed by atoms with E-state index in [0.29, 0.717) is 25.9 Å². The molecule has 0 spiro atoms. The van der Waals surface area contributed by atoms with E-state index in [1.807, 2.05) is 0 Å². The van der Waals surface area contributed by atoms with Crippen molar-refractivity contribution in [2.75, 3.05) is 13.2 Å². The maximum Gasteiger partial charge on any atom is 0.305 e. The molecule has 2 atom stereocenters. The summed E-state index contributed by atoms with van der Waals surface area (Å²) in [5, 5.41) is 23.4. The summed E-state index contributed by atoms with van der Waals surface area (Å²) in [5.74, 6) is -0.0406. The molecule has 0 aliphatic heterocycles. The normalized spacial score (nSPS) is 12.7. The molecule has 0 saturated carbocycles. The van der Waals surface area contributed by atoms with Crippen LogP contribution in [0.2, 0.25) is 0 Å². The zero-order valence-corrected chi connectivity index (χ0v) is 54.8. The molecule has 3 N–H and O–H groups in total. The van der Waals surface area contributed by atoms with Gasteiger partial charge in [0.05, 0.1) is 25.4 Å². The Morgan fingerprint density at radius 2 is 0.617 bits per heavy atom. The van der Waals surface area contributed by atoms with Crippen molar-refractivity contribution in [1.29, 1.82) is 0 Å². The summed E-state index contributed by atoms with van der Waals surface area (Å²) in [6, 6.07) is -0.551. The summed E-state index contributed by atoms with van der Waals surface area (Å²) in [4.78, 5) is 24.6. The highest BCUT2D eigenvalue weighted by Gasteiger charge is 2.20. The van der Waals surface area contributed by atoms with Gasteiger partial charge < -0.3 is 20.3 Å². The molecule has 0 aliphatic rings. The topological polar surface area (TPSA) is 95.9 Å². The number of amides is 1. The summed E-state index contributed by atoms with van der Waals surface area (Å²) in [6.45, 7) is 4.97. The first-order chi connectivity index (χ1) is 40.0. The number of aliphatic hydroxyl groups is 2. The van der Waals surface area contributed by atoms with Crippen LogP contribution in [0.3, 0.4) is 0 Å². The van der Waals surface area contributed by atoms with Gasteiger partial charge in [0.25, 0.3) is 0 Å². The zero-order valence-electron chi connectivity index (χ0n) is 54.8. The lowest BCUT2D eigenvalue weighted by Gasteiger charge is -2.22. The number of ether oxygens (including phenoxy) is 1. The van der Waals surface area contributed by atoms with Gasteiger partial charge in [-0.1, -0.05) is 346 Å². The molecule has 0 fully saturated rings. The number of hydrogen-bond acceptors (Lipinski definition) is 5. The second kappa shape index (κ2) is 70.6. The number of carbonyl (C=O) groups is 2. The van der Waals surface area contributed by atoms with E-state index in [2.05, 4.69) is 55.6 Å². The summed E-state index contributed by atoms with van der Waals surface area (Å²) in [5.41, 5.74) is 0. The van der Waals surface area contributed by atoms with Crippen molar-refractivity contribution in [2.45, 2.75) is 418 Å². The first-order valence-corrected chi connectivity index (χ1v) is 36.7. The molecule has 0 rings (SSSR count). The molecule has 0 bridgehead atoms. The fourth-order valence-electron chi connectivity index (χ4n) is 11.6. The largest absolute Gasteiger partial charge is 0.466 e. The van der Waals surface area contributed by atoms with Crippen LogP contribution in [0.1, 0.15) is 406 Å². The lowest BCUT2D eigenvalue weighted by Crippen LogP contribution is -2.45. The van der Waals surface area contributed by atoms with E-state index in [1.165, 1.54) is 315 Å². The van der Waals surface area contributed by atoms with Gasteiger partial charge in [-0.3, -0.25) is 9.59 Å². The SMILES string of the molecule is CCCCCCCCC/C=C\CCCCCCCC(=O)OCCCCCCCCCCC/C=C\C/C=C\CCCCCCCCCC(=O)NC(CO)C(O)CCCCCCCCCCCCCCCCCCCCCCCCCCC. The first kappa shape index (κ1) is 79.1. The van der Waals surface area contributed by atoms with Gasteiger partial charge in [0.2, 0.25) is 5.91 Å². The second-order valence-electron chi connectivity index (χ2n) is 25.3. The molecule has 1 amide bonds. The fourth-order valence-corrected chi connectivity index (χ4v) is 11.6. The van der Waals surface area contributed by atoms with Crippen molar-refractivity contribution in [1.82, 2.24) is 5.32 Å². The third-order valence-electron chi connectivity index (χ3n) is 17.2. The van der Waals surface area contributed by atoms with Crippen LogP contribution in [0.25, 0.3) is 0 Å². The van der Waals surface area contributed by atoms with Gasteiger partial charge in [0, 0.05) is 12.8 Å².